The van der Waals surface area contributed by atoms with E-state index < -0.39 is 5.97 Å². The molecule has 1 N–H and O–H groups in total. The molecule has 0 spiro atoms. The van der Waals surface area contributed by atoms with Crippen LogP contribution in [0, 0.1) is 6.92 Å². The molecule has 0 aliphatic heterocycles. The minimum absolute atomic E-state index is 0.132. The topological polar surface area (TPSA) is 68.3 Å². The highest BCUT2D eigenvalue weighted by Gasteiger charge is 2.13. The van der Waals surface area contributed by atoms with Crippen molar-refractivity contribution in [3.05, 3.63) is 46.5 Å². The number of aromatic nitrogens is 1. The molecule has 1 aromatic heterocycles. The van der Waals surface area contributed by atoms with Gasteiger partial charge in [0.2, 0.25) is 5.91 Å². The number of anilines is 1. The fraction of sp³-hybridized carbons (Fsp3) is 0.312. The summed E-state index contributed by atoms with van der Waals surface area (Å²) in [6.45, 7) is 4.08. The Morgan fingerprint density at radius 1 is 1.39 bits per heavy atom. The predicted molar refractivity (Wildman–Crippen MR) is 94.0 cm³/mol. The number of nitrogens with zero attached hydrogens (tertiary/aromatic N) is 1. The third-order valence-corrected chi connectivity index (χ3v) is 4.58. The van der Waals surface area contributed by atoms with Crippen LogP contribution >= 0.6 is 23.1 Å². The van der Waals surface area contributed by atoms with E-state index in [4.69, 9.17) is 4.74 Å². The summed E-state index contributed by atoms with van der Waals surface area (Å²) in [5.74, 6) is 0.508. The Morgan fingerprint density at radius 2 is 2.22 bits per heavy atom. The zero-order valence-electron chi connectivity index (χ0n) is 13.0. The number of benzene rings is 1. The fourth-order valence-electron chi connectivity index (χ4n) is 1.85. The lowest BCUT2D eigenvalue weighted by atomic mass is 10.2. The standard InChI is InChI=1S/C16H18N2O3S2/c1-3-21-15(20)13-9-23-16(17-13)18-14(19)10-22-8-12-6-4-5-11(2)7-12/h4-7,9H,3,8,10H2,1-2H3,(H,17,18,19). The molecule has 1 heterocycles. The van der Waals surface area contributed by atoms with Crippen molar-refractivity contribution >= 4 is 40.1 Å². The summed E-state index contributed by atoms with van der Waals surface area (Å²) in [5.41, 5.74) is 2.63. The highest BCUT2D eigenvalue weighted by molar-refractivity contribution is 7.99. The second kappa shape index (κ2) is 8.69. The summed E-state index contributed by atoms with van der Waals surface area (Å²) in [6, 6.07) is 8.21. The number of hydrogen-bond donors (Lipinski definition) is 1. The zero-order chi connectivity index (χ0) is 16.7. The van der Waals surface area contributed by atoms with Gasteiger partial charge in [-0.2, -0.15) is 0 Å². The monoisotopic (exact) mass is 350 g/mol. The van der Waals surface area contributed by atoms with E-state index in [1.165, 1.54) is 34.2 Å². The molecule has 0 radical (unpaired) electrons. The summed E-state index contributed by atoms with van der Waals surface area (Å²) in [6.07, 6.45) is 0. The lowest BCUT2D eigenvalue weighted by molar-refractivity contribution is -0.113. The average Bonchev–Trinajstić information content (AvgIpc) is 2.96. The number of esters is 1. The van der Waals surface area contributed by atoms with Crippen molar-refractivity contribution < 1.29 is 14.3 Å². The molecule has 0 aliphatic rings. The van der Waals surface area contributed by atoms with Crippen LogP contribution in [0.15, 0.2) is 29.6 Å². The second-order valence-corrected chi connectivity index (χ2v) is 6.63. The van der Waals surface area contributed by atoms with Gasteiger partial charge in [0.1, 0.15) is 0 Å². The molecule has 23 heavy (non-hydrogen) atoms. The number of rotatable bonds is 7. The van der Waals surface area contributed by atoms with Gasteiger partial charge < -0.3 is 10.1 Å². The number of amides is 1. The third kappa shape index (κ3) is 5.69. The van der Waals surface area contributed by atoms with E-state index in [0.717, 1.165) is 5.75 Å². The quantitative estimate of drug-likeness (QED) is 0.774. The van der Waals surface area contributed by atoms with Crippen LogP contribution in [0.1, 0.15) is 28.5 Å². The molecule has 2 aromatic rings. The van der Waals surface area contributed by atoms with E-state index in [2.05, 4.69) is 16.4 Å². The molecule has 7 heteroatoms. The minimum Gasteiger partial charge on any atom is -0.461 e. The van der Waals surface area contributed by atoms with Gasteiger partial charge in [-0.15, -0.1) is 23.1 Å². The van der Waals surface area contributed by atoms with E-state index >= 15 is 0 Å². The first-order chi connectivity index (χ1) is 11.1. The second-order valence-electron chi connectivity index (χ2n) is 4.79. The molecule has 0 unspecified atom stereocenters. The molecular weight excluding hydrogens is 332 g/mol. The van der Waals surface area contributed by atoms with Crippen LogP contribution in [0.25, 0.3) is 0 Å². The Kier molecular flexibility index (Phi) is 6.61. The van der Waals surface area contributed by atoms with Gasteiger partial charge in [0.05, 0.1) is 12.4 Å². The van der Waals surface area contributed by atoms with E-state index in [1.807, 2.05) is 25.1 Å². The number of hydrogen-bond acceptors (Lipinski definition) is 6. The molecule has 1 amide bonds. The first-order valence-corrected chi connectivity index (χ1v) is 9.17. The Balaban J connectivity index is 1.77. The molecule has 5 nitrogen and oxygen atoms in total. The van der Waals surface area contributed by atoms with Crippen LogP contribution in [0.2, 0.25) is 0 Å². The molecule has 122 valence electrons. The number of nitrogens with one attached hydrogen (secondary N) is 1. The van der Waals surface area contributed by atoms with Gasteiger partial charge in [-0.1, -0.05) is 29.8 Å². The summed E-state index contributed by atoms with van der Waals surface area (Å²) >= 11 is 2.75. The van der Waals surface area contributed by atoms with Crippen LogP contribution in [-0.4, -0.2) is 29.2 Å². The maximum Gasteiger partial charge on any atom is 0.357 e. The lowest BCUT2D eigenvalue weighted by Crippen LogP contribution is -2.14. The fourth-order valence-corrected chi connectivity index (χ4v) is 3.32. The molecule has 0 saturated heterocycles. The Bertz CT molecular complexity index is 685. The maximum absolute atomic E-state index is 11.9. The van der Waals surface area contributed by atoms with Crippen molar-refractivity contribution in [2.75, 3.05) is 17.7 Å². The minimum atomic E-state index is -0.474. The smallest absolute Gasteiger partial charge is 0.357 e. The van der Waals surface area contributed by atoms with Crippen molar-refractivity contribution in [1.82, 2.24) is 4.98 Å². The Morgan fingerprint density at radius 3 is 2.96 bits per heavy atom. The van der Waals surface area contributed by atoms with Gasteiger partial charge in [0, 0.05) is 11.1 Å². The third-order valence-electron chi connectivity index (χ3n) is 2.82. The number of ether oxygens (including phenoxy) is 1. The van der Waals surface area contributed by atoms with E-state index in [1.54, 1.807) is 12.3 Å². The van der Waals surface area contributed by atoms with Gasteiger partial charge in [0.25, 0.3) is 0 Å². The van der Waals surface area contributed by atoms with Crippen LogP contribution < -0.4 is 5.32 Å². The highest BCUT2D eigenvalue weighted by atomic mass is 32.2. The van der Waals surface area contributed by atoms with Crippen LogP contribution in [0.5, 0.6) is 0 Å². The van der Waals surface area contributed by atoms with Crippen molar-refractivity contribution in [3.63, 3.8) is 0 Å². The van der Waals surface area contributed by atoms with E-state index in [9.17, 15) is 9.59 Å². The zero-order valence-corrected chi connectivity index (χ0v) is 14.6. The van der Waals surface area contributed by atoms with Crippen molar-refractivity contribution in [2.45, 2.75) is 19.6 Å². The normalized spacial score (nSPS) is 10.3. The Hall–Kier alpha value is -1.86. The van der Waals surface area contributed by atoms with Gasteiger partial charge >= 0.3 is 5.97 Å². The first kappa shape index (κ1) is 17.5. The largest absolute Gasteiger partial charge is 0.461 e. The number of thioether (sulfide) groups is 1. The average molecular weight is 350 g/mol. The van der Waals surface area contributed by atoms with Crippen LogP contribution in [0.3, 0.4) is 0 Å². The first-order valence-electron chi connectivity index (χ1n) is 7.14. The number of aryl methyl sites for hydroxylation is 1. The number of carbonyl (C=O) groups excluding carboxylic acids is 2. The SMILES string of the molecule is CCOC(=O)c1csc(NC(=O)CSCc2cccc(C)c2)n1. The number of thiazole rings is 1. The van der Waals surface area contributed by atoms with Crippen molar-refractivity contribution in [3.8, 4) is 0 Å². The van der Waals surface area contributed by atoms with E-state index in [0.29, 0.717) is 17.5 Å². The van der Waals surface area contributed by atoms with Crippen molar-refractivity contribution in [2.24, 2.45) is 0 Å². The predicted octanol–water partition coefficient (Wildman–Crippen LogP) is 3.50. The summed E-state index contributed by atoms with van der Waals surface area (Å²) in [7, 11) is 0. The maximum atomic E-state index is 11.9. The summed E-state index contributed by atoms with van der Waals surface area (Å²) in [5, 5.41) is 4.68. The molecular formula is C16H18N2O3S2. The highest BCUT2D eigenvalue weighted by Crippen LogP contribution is 2.18. The molecule has 0 bridgehead atoms. The van der Waals surface area contributed by atoms with Gasteiger partial charge in [-0.3, -0.25) is 4.79 Å². The molecule has 0 atom stereocenters. The van der Waals surface area contributed by atoms with Gasteiger partial charge in [0.15, 0.2) is 10.8 Å². The van der Waals surface area contributed by atoms with E-state index in [-0.39, 0.29) is 11.6 Å². The van der Waals surface area contributed by atoms with Crippen LogP contribution in [-0.2, 0) is 15.3 Å². The van der Waals surface area contributed by atoms with Crippen LogP contribution in [0.4, 0.5) is 5.13 Å². The Labute approximate surface area is 143 Å². The van der Waals surface area contributed by atoms with Gasteiger partial charge in [-0.05, 0) is 19.4 Å². The summed E-state index contributed by atoms with van der Waals surface area (Å²) in [4.78, 5) is 27.4. The lowest BCUT2D eigenvalue weighted by Gasteiger charge is -2.03. The molecule has 1 aromatic carbocycles. The molecule has 0 fully saturated rings. The molecule has 0 saturated carbocycles. The van der Waals surface area contributed by atoms with Crippen molar-refractivity contribution in [1.29, 1.82) is 0 Å². The number of carbonyl (C=O) groups is 2. The molecule has 0 aliphatic carbocycles. The van der Waals surface area contributed by atoms with Gasteiger partial charge in [-0.25, -0.2) is 9.78 Å². The molecule has 2 rings (SSSR count). The summed E-state index contributed by atoms with van der Waals surface area (Å²) < 4.78 is 4.86.